The van der Waals surface area contributed by atoms with Gasteiger partial charge in [-0.15, -0.1) is 11.8 Å². The third-order valence-electron chi connectivity index (χ3n) is 5.27. The number of amides is 2. The van der Waals surface area contributed by atoms with Crippen molar-refractivity contribution >= 4 is 23.6 Å². The fraction of sp³-hybridized carbons (Fsp3) is 0.440. The van der Waals surface area contributed by atoms with Crippen molar-refractivity contribution in [3.05, 3.63) is 71.3 Å². The van der Waals surface area contributed by atoms with E-state index in [1.165, 1.54) is 11.1 Å². The SMILES string of the molecule is CC[C@@H](C)NC(=O)[C@@H](C)N(CCc1ccccc1)C(=O)CSCc1ccc(C)cc1. The van der Waals surface area contributed by atoms with E-state index in [0.29, 0.717) is 12.3 Å². The van der Waals surface area contributed by atoms with E-state index in [9.17, 15) is 9.59 Å². The smallest absolute Gasteiger partial charge is 0.242 e. The second kappa shape index (κ2) is 12.4. The Morgan fingerprint density at radius 1 is 1.00 bits per heavy atom. The van der Waals surface area contributed by atoms with Gasteiger partial charge in [-0.05, 0) is 44.7 Å². The van der Waals surface area contributed by atoms with Crippen LogP contribution in [0.4, 0.5) is 0 Å². The lowest BCUT2D eigenvalue weighted by atomic mass is 10.1. The van der Waals surface area contributed by atoms with Gasteiger partial charge in [0.05, 0.1) is 5.75 Å². The summed E-state index contributed by atoms with van der Waals surface area (Å²) in [5.41, 5.74) is 3.60. The first-order valence-corrected chi connectivity index (χ1v) is 11.8. The van der Waals surface area contributed by atoms with Gasteiger partial charge in [-0.25, -0.2) is 0 Å². The zero-order chi connectivity index (χ0) is 21.9. The Balaban J connectivity index is 1.99. The summed E-state index contributed by atoms with van der Waals surface area (Å²) in [5.74, 6) is 1.07. The van der Waals surface area contributed by atoms with E-state index in [1.54, 1.807) is 16.7 Å². The third-order valence-corrected chi connectivity index (χ3v) is 6.26. The largest absolute Gasteiger partial charge is 0.352 e. The lowest BCUT2D eigenvalue weighted by molar-refractivity contribution is -0.138. The number of carbonyl (C=O) groups is 2. The first-order chi connectivity index (χ1) is 14.4. The Bertz CT molecular complexity index is 793. The minimum Gasteiger partial charge on any atom is -0.352 e. The van der Waals surface area contributed by atoms with Crippen LogP contribution in [0.5, 0.6) is 0 Å². The Labute approximate surface area is 185 Å². The van der Waals surface area contributed by atoms with Crippen molar-refractivity contribution in [1.82, 2.24) is 10.2 Å². The standard InChI is InChI=1S/C25H34N2O2S/c1-5-20(3)26-25(29)21(4)27(16-15-22-9-7-6-8-10-22)24(28)18-30-17-23-13-11-19(2)12-14-23/h6-14,20-21H,5,15-18H2,1-4H3,(H,26,29)/t20-,21-/m1/s1. The predicted molar refractivity (Wildman–Crippen MR) is 127 cm³/mol. The fourth-order valence-corrected chi connectivity index (χ4v) is 3.93. The molecule has 0 aliphatic carbocycles. The molecule has 0 unspecified atom stereocenters. The molecule has 4 nitrogen and oxygen atoms in total. The van der Waals surface area contributed by atoms with Crippen LogP contribution >= 0.6 is 11.8 Å². The van der Waals surface area contributed by atoms with E-state index >= 15 is 0 Å². The van der Waals surface area contributed by atoms with Crippen LogP contribution in [0.3, 0.4) is 0 Å². The highest BCUT2D eigenvalue weighted by atomic mass is 32.2. The number of thioether (sulfide) groups is 1. The van der Waals surface area contributed by atoms with Crippen molar-refractivity contribution in [1.29, 1.82) is 0 Å². The summed E-state index contributed by atoms with van der Waals surface area (Å²) in [5, 5.41) is 3.01. The molecular weight excluding hydrogens is 392 g/mol. The molecule has 0 aliphatic heterocycles. The van der Waals surface area contributed by atoms with Crippen LogP contribution in [-0.4, -0.2) is 41.1 Å². The summed E-state index contributed by atoms with van der Waals surface area (Å²) in [6, 6.07) is 18.1. The lowest BCUT2D eigenvalue weighted by Crippen LogP contribution is -2.51. The molecule has 0 aliphatic rings. The minimum atomic E-state index is -0.491. The third kappa shape index (κ3) is 7.86. The second-order valence-electron chi connectivity index (χ2n) is 7.79. The molecule has 0 saturated carbocycles. The number of carbonyl (C=O) groups excluding carboxylic acids is 2. The number of benzene rings is 2. The zero-order valence-corrected chi connectivity index (χ0v) is 19.4. The van der Waals surface area contributed by atoms with Gasteiger partial charge in [-0.3, -0.25) is 9.59 Å². The number of hydrogen-bond donors (Lipinski definition) is 1. The molecule has 2 amide bonds. The van der Waals surface area contributed by atoms with Crippen LogP contribution in [-0.2, 0) is 21.8 Å². The molecule has 162 valence electrons. The molecule has 0 spiro atoms. The normalized spacial score (nSPS) is 12.8. The average molecular weight is 427 g/mol. The number of nitrogens with one attached hydrogen (secondary N) is 1. The van der Waals surface area contributed by atoms with Gasteiger partial charge in [0.15, 0.2) is 0 Å². The van der Waals surface area contributed by atoms with E-state index in [0.717, 1.165) is 24.2 Å². The van der Waals surface area contributed by atoms with Gasteiger partial charge in [0.1, 0.15) is 6.04 Å². The average Bonchev–Trinajstić information content (AvgIpc) is 2.75. The molecule has 2 aromatic rings. The van der Waals surface area contributed by atoms with E-state index in [1.807, 2.05) is 39.0 Å². The maximum Gasteiger partial charge on any atom is 0.242 e. The van der Waals surface area contributed by atoms with Crippen molar-refractivity contribution in [2.24, 2.45) is 0 Å². The molecule has 30 heavy (non-hydrogen) atoms. The number of hydrogen-bond acceptors (Lipinski definition) is 3. The van der Waals surface area contributed by atoms with Crippen LogP contribution < -0.4 is 5.32 Å². The van der Waals surface area contributed by atoms with Crippen molar-refractivity contribution in [2.75, 3.05) is 12.3 Å². The molecule has 0 aromatic heterocycles. The van der Waals surface area contributed by atoms with Crippen molar-refractivity contribution in [2.45, 2.75) is 58.4 Å². The van der Waals surface area contributed by atoms with E-state index < -0.39 is 6.04 Å². The van der Waals surface area contributed by atoms with Crippen LogP contribution in [0, 0.1) is 6.92 Å². The Morgan fingerprint density at radius 3 is 2.30 bits per heavy atom. The molecule has 0 heterocycles. The molecule has 1 N–H and O–H groups in total. The minimum absolute atomic E-state index is 0.00912. The molecule has 2 rings (SSSR count). The molecule has 0 bridgehead atoms. The van der Waals surface area contributed by atoms with Gasteiger partial charge in [-0.1, -0.05) is 67.1 Å². The van der Waals surface area contributed by atoms with Gasteiger partial charge in [0.2, 0.25) is 11.8 Å². The summed E-state index contributed by atoms with van der Waals surface area (Å²) < 4.78 is 0. The number of aryl methyl sites for hydroxylation is 1. The highest BCUT2D eigenvalue weighted by Gasteiger charge is 2.26. The van der Waals surface area contributed by atoms with E-state index in [4.69, 9.17) is 0 Å². The predicted octanol–water partition coefficient (Wildman–Crippen LogP) is 4.60. The quantitative estimate of drug-likeness (QED) is 0.571. The van der Waals surface area contributed by atoms with Gasteiger partial charge >= 0.3 is 0 Å². The summed E-state index contributed by atoms with van der Waals surface area (Å²) >= 11 is 1.59. The van der Waals surface area contributed by atoms with Crippen molar-refractivity contribution in [3.63, 3.8) is 0 Å². The number of nitrogens with zero attached hydrogens (tertiary/aromatic N) is 1. The molecule has 0 saturated heterocycles. The van der Waals surface area contributed by atoms with Gasteiger partial charge < -0.3 is 10.2 Å². The second-order valence-corrected chi connectivity index (χ2v) is 8.78. The maximum absolute atomic E-state index is 13.0. The fourth-order valence-electron chi connectivity index (χ4n) is 3.06. The van der Waals surface area contributed by atoms with Crippen LogP contribution in [0.15, 0.2) is 54.6 Å². The summed E-state index contributed by atoms with van der Waals surface area (Å²) in [7, 11) is 0. The highest BCUT2D eigenvalue weighted by Crippen LogP contribution is 2.15. The van der Waals surface area contributed by atoms with Crippen molar-refractivity contribution in [3.8, 4) is 0 Å². The molecular formula is C25H34N2O2S. The van der Waals surface area contributed by atoms with Crippen molar-refractivity contribution < 1.29 is 9.59 Å². The maximum atomic E-state index is 13.0. The summed E-state index contributed by atoms with van der Waals surface area (Å²) in [4.78, 5) is 27.4. The van der Waals surface area contributed by atoms with Crippen LogP contribution in [0.25, 0.3) is 0 Å². The summed E-state index contributed by atoms with van der Waals surface area (Å²) in [6.45, 7) is 8.44. The Hall–Kier alpha value is -2.27. The van der Waals surface area contributed by atoms with Crippen LogP contribution in [0.2, 0.25) is 0 Å². The number of rotatable bonds is 11. The highest BCUT2D eigenvalue weighted by molar-refractivity contribution is 7.99. The molecule has 5 heteroatoms. The van der Waals surface area contributed by atoms with Crippen LogP contribution in [0.1, 0.15) is 43.9 Å². The molecule has 0 fully saturated rings. The zero-order valence-electron chi connectivity index (χ0n) is 18.6. The Kier molecular flexibility index (Phi) is 9.95. The molecule has 2 aromatic carbocycles. The van der Waals surface area contributed by atoms with Gasteiger partial charge in [-0.2, -0.15) is 0 Å². The van der Waals surface area contributed by atoms with E-state index in [-0.39, 0.29) is 17.9 Å². The Morgan fingerprint density at radius 2 is 1.67 bits per heavy atom. The first kappa shape index (κ1) is 24.0. The summed E-state index contributed by atoms with van der Waals surface area (Å²) in [6.07, 6.45) is 1.60. The molecule has 0 radical (unpaired) electrons. The van der Waals surface area contributed by atoms with Gasteiger partial charge in [0.25, 0.3) is 0 Å². The van der Waals surface area contributed by atoms with E-state index in [2.05, 4.69) is 48.6 Å². The lowest BCUT2D eigenvalue weighted by Gasteiger charge is -2.29. The molecule has 2 atom stereocenters. The topological polar surface area (TPSA) is 49.4 Å². The monoisotopic (exact) mass is 426 g/mol. The van der Waals surface area contributed by atoms with Gasteiger partial charge in [0, 0.05) is 18.3 Å². The first-order valence-electron chi connectivity index (χ1n) is 10.7.